The first-order valence-electron chi connectivity index (χ1n) is 4.35. The smallest absolute Gasteiger partial charge is 0.0752 e. The summed E-state index contributed by atoms with van der Waals surface area (Å²) in [7, 11) is 0. The van der Waals surface area contributed by atoms with Gasteiger partial charge in [-0.15, -0.1) is 6.58 Å². The van der Waals surface area contributed by atoms with Gasteiger partial charge in [-0.1, -0.05) is 48.6 Å². The Balaban J connectivity index is 2.45. The van der Waals surface area contributed by atoms with Crippen LogP contribution in [0.4, 0.5) is 0 Å². The molecule has 1 nitrogen and oxygen atoms in total. The van der Waals surface area contributed by atoms with Gasteiger partial charge in [-0.3, -0.25) is 0 Å². The normalized spacial score (nSPS) is 13.0. The minimum absolute atomic E-state index is 0.431. The Hall–Kier alpha value is -1.34. The molecule has 1 atom stereocenters. The summed E-state index contributed by atoms with van der Waals surface area (Å²) in [5.74, 6) is 0. The van der Waals surface area contributed by atoms with Crippen molar-refractivity contribution in [2.45, 2.75) is 12.5 Å². The summed E-state index contributed by atoms with van der Waals surface area (Å²) in [5.41, 5.74) is 1.15. The summed E-state index contributed by atoms with van der Waals surface area (Å²) in [6.45, 7) is 3.50. The largest absolute Gasteiger partial charge is 0.389 e. The van der Waals surface area contributed by atoms with Crippen LogP contribution in [-0.2, 0) is 0 Å². The van der Waals surface area contributed by atoms with Crippen LogP contribution in [-0.4, -0.2) is 11.2 Å². The Morgan fingerprint density at radius 1 is 1.31 bits per heavy atom. The molecule has 0 aliphatic carbocycles. The van der Waals surface area contributed by atoms with E-state index in [9.17, 15) is 0 Å². The van der Waals surface area contributed by atoms with Gasteiger partial charge < -0.3 is 5.11 Å². The van der Waals surface area contributed by atoms with Gasteiger partial charge in [0.15, 0.2) is 0 Å². The highest BCUT2D eigenvalue weighted by Gasteiger charge is 1.91. The van der Waals surface area contributed by atoms with Crippen LogP contribution in [0.2, 0.25) is 0 Å². The third-order valence-corrected chi connectivity index (χ3v) is 1.76. The third kappa shape index (κ3) is 3.72. The lowest BCUT2D eigenvalue weighted by Gasteiger charge is -1.98. The van der Waals surface area contributed by atoms with Crippen molar-refractivity contribution in [1.29, 1.82) is 0 Å². The minimum atomic E-state index is -0.431. The number of aliphatic hydroxyl groups excluding tert-OH is 1. The fourth-order valence-electron chi connectivity index (χ4n) is 1.00. The second-order valence-corrected chi connectivity index (χ2v) is 2.85. The molecule has 1 heteroatoms. The molecule has 0 spiro atoms. The summed E-state index contributed by atoms with van der Waals surface area (Å²) in [4.78, 5) is 0. The van der Waals surface area contributed by atoms with E-state index in [1.165, 1.54) is 6.08 Å². The maximum atomic E-state index is 9.17. The van der Waals surface area contributed by atoms with Gasteiger partial charge in [-0.2, -0.15) is 0 Å². The Morgan fingerprint density at radius 2 is 2.00 bits per heavy atom. The molecule has 0 saturated heterocycles. The summed E-state index contributed by atoms with van der Waals surface area (Å²) >= 11 is 0. The summed E-state index contributed by atoms with van der Waals surface area (Å²) < 4.78 is 0. The topological polar surface area (TPSA) is 20.2 Å². The zero-order chi connectivity index (χ0) is 9.52. The fourth-order valence-corrected chi connectivity index (χ4v) is 1.00. The SMILES string of the molecule is C=CC(O)C/C=C/c1ccccc1. The molecule has 1 aromatic rings. The standard InChI is InChI=1S/C12H14O/c1-2-12(13)10-6-9-11-7-4-3-5-8-11/h2-9,12-13H,1,10H2/b9-6+. The Morgan fingerprint density at radius 3 is 2.62 bits per heavy atom. The van der Waals surface area contributed by atoms with Crippen LogP contribution in [0.5, 0.6) is 0 Å². The zero-order valence-electron chi connectivity index (χ0n) is 7.56. The van der Waals surface area contributed by atoms with Gasteiger partial charge in [-0.05, 0) is 12.0 Å². The van der Waals surface area contributed by atoms with Crippen molar-refractivity contribution < 1.29 is 5.11 Å². The quantitative estimate of drug-likeness (QED) is 0.696. The molecule has 0 heterocycles. The van der Waals surface area contributed by atoms with Crippen LogP contribution < -0.4 is 0 Å². The maximum absolute atomic E-state index is 9.17. The van der Waals surface area contributed by atoms with Gasteiger partial charge in [0.05, 0.1) is 6.10 Å². The molecule has 0 amide bonds. The van der Waals surface area contributed by atoms with Gasteiger partial charge in [-0.25, -0.2) is 0 Å². The molecule has 1 N–H and O–H groups in total. The molecule has 0 radical (unpaired) electrons. The lowest BCUT2D eigenvalue weighted by atomic mass is 10.2. The van der Waals surface area contributed by atoms with E-state index in [1.54, 1.807) is 0 Å². The first-order valence-corrected chi connectivity index (χ1v) is 4.35. The van der Waals surface area contributed by atoms with Crippen molar-refractivity contribution in [3.05, 3.63) is 54.6 Å². The van der Waals surface area contributed by atoms with E-state index in [2.05, 4.69) is 6.58 Å². The summed E-state index contributed by atoms with van der Waals surface area (Å²) in [6.07, 6.45) is 5.67. The first kappa shape index (κ1) is 9.75. The third-order valence-electron chi connectivity index (χ3n) is 1.76. The van der Waals surface area contributed by atoms with Crippen molar-refractivity contribution in [3.8, 4) is 0 Å². The van der Waals surface area contributed by atoms with Crippen molar-refractivity contribution >= 4 is 6.08 Å². The van der Waals surface area contributed by atoms with Crippen molar-refractivity contribution in [1.82, 2.24) is 0 Å². The van der Waals surface area contributed by atoms with E-state index in [4.69, 9.17) is 5.11 Å². The van der Waals surface area contributed by atoms with E-state index in [0.717, 1.165) is 5.56 Å². The van der Waals surface area contributed by atoms with Gasteiger partial charge >= 0.3 is 0 Å². The average molecular weight is 174 g/mol. The maximum Gasteiger partial charge on any atom is 0.0752 e. The Labute approximate surface area is 79.0 Å². The van der Waals surface area contributed by atoms with E-state index >= 15 is 0 Å². The van der Waals surface area contributed by atoms with Crippen LogP contribution in [0.3, 0.4) is 0 Å². The molecular weight excluding hydrogens is 160 g/mol. The molecule has 0 fully saturated rings. The fraction of sp³-hybridized carbons (Fsp3) is 0.167. The average Bonchev–Trinajstić information content (AvgIpc) is 2.19. The Kier molecular flexibility index (Phi) is 4.00. The van der Waals surface area contributed by atoms with Gasteiger partial charge in [0.2, 0.25) is 0 Å². The highest BCUT2D eigenvalue weighted by molar-refractivity contribution is 5.48. The van der Waals surface area contributed by atoms with Gasteiger partial charge in [0.1, 0.15) is 0 Å². The zero-order valence-corrected chi connectivity index (χ0v) is 7.56. The van der Waals surface area contributed by atoms with Crippen molar-refractivity contribution in [2.24, 2.45) is 0 Å². The number of hydrogen-bond donors (Lipinski definition) is 1. The molecule has 13 heavy (non-hydrogen) atoms. The molecule has 0 aromatic heterocycles. The molecule has 1 aromatic carbocycles. The lowest BCUT2D eigenvalue weighted by Crippen LogP contribution is -1.97. The van der Waals surface area contributed by atoms with E-state index in [1.807, 2.05) is 42.5 Å². The monoisotopic (exact) mass is 174 g/mol. The Bertz CT molecular complexity index is 274. The molecule has 0 bridgehead atoms. The van der Waals surface area contributed by atoms with Crippen LogP contribution >= 0.6 is 0 Å². The summed E-state index contributed by atoms with van der Waals surface area (Å²) in [6, 6.07) is 10.0. The number of hydrogen-bond acceptors (Lipinski definition) is 1. The molecule has 68 valence electrons. The second-order valence-electron chi connectivity index (χ2n) is 2.85. The molecule has 0 aliphatic rings. The molecular formula is C12H14O. The molecule has 0 aliphatic heterocycles. The second kappa shape index (κ2) is 5.33. The molecule has 1 rings (SSSR count). The number of rotatable bonds is 4. The van der Waals surface area contributed by atoms with Crippen LogP contribution in [0.1, 0.15) is 12.0 Å². The highest BCUT2D eigenvalue weighted by Crippen LogP contribution is 2.03. The van der Waals surface area contributed by atoms with Crippen molar-refractivity contribution in [3.63, 3.8) is 0 Å². The van der Waals surface area contributed by atoms with Crippen LogP contribution in [0, 0.1) is 0 Å². The predicted molar refractivity (Wildman–Crippen MR) is 56.3 cm³/mol. The highest BCUT2D eigenvalue weighted by atomic mass is 16.3. The van der Waals surface area contributed by atoms with Crippen LogP contribution in [0.25, 0.3) is 6.08 Å². The minimum Gasteiger partial charge on any atom is -0.389 e. The van der Waals surface area contributed by atoms with E-state index < -0.39 is 6.10 Å². The predicted octanol–water partition coefficient (Wildman–Crippen LogP) is 2.64. The first-order chi connectivity index (χ1) is 6.33. The lowest BCUT2D eigenvalue weighted by molar-refractivity contribution is 0.227. The number of benzene rings is 1. The molecule has 1 unspecified atom stereocenters. The van der Waals surface area contributed by atoms with E-state index in [-0.39, 0.29) is 0 Å². The van der Waals surface area contributed by atoms with Crippen molar-refractivity contribution in [2.75, 3.05) is 0 Å². The number of aliphatic hydroxyl groups is 1. The van der Waals surface area contributed by atoms with Gasteiger partial charge in [0, 0.05) is 0 Å². The molecule has 0 saturated carbocycles. The summed E-state index contributed by atoms with van der Waals surface area (Å²) in [5, 5.41) is 9.17. The van der Waals surface area contributed by atoms with E-state index in [0.29, 0.717) is 6.42 Å². The van der Waals surface area contributed by atoms with Gasteiger partial charge in [0.25, 0.3) is 0 Å². The van der Waals surface area contributed by atoms with Crippen LogP contribution in [0.15, 0.2) is 49.1 Å².